The van der Waals surface area contributed by atoms with Crippen molar-refractivity contribution >= 4 is 28.9 Å². The predicted octanol–water partition coefficient (Wildman–Crippen LogP) is 2.84. The second-order valence-electron chi connectivity index (χ2n) is 6.61. The van der Waals surface area contributed by atoms with Crippen LogP contribution in [-0.4, -0.2) is 36.6 Å². The summed E-state index contributed by atoms with van der Waals surface area (Å²) in [6.07, 6.45) is 3.97. The van der Waals surface area contributed by atoms with Gasteiger partial charge >= 0.3 is 5.97 Å². The molecule has 2 aromatic carbocycles. The van der Waals surface area contributed by atoms with Crippen LogP contribution in [0.15, 0.2) is 60.3 Å². The van der Waals surface area contributed by atoms with Gasteiger partial charge in [-0.15, -0.1) is 0 Å². The maximum Gasteiger partial charge on any atom is 0.328 e. The Morgan fingerprint density at radius 3 is 2.82 bits per heavy atom. The maximum atomic E-state index is 12.8. The van der Waals surface area contributed by atoms with Crippen LogP contribution in [0, 0.1) is 0 Å². The molecule has 1 aliphatic rings. The Labute approximate surface area is 162 Å². The van der Waals surface area contributed by atoms with Gasteiger partial charge in [0.25, 0.3) is 5.91 Å². The largest absolute Gasteiger partial charge is 0.488 e. The van der Waals surface area contributed by atoms with Crippen molar-refractivity contribution in [2.75, 3.05) is 13.7 Å². The van der Waals surface area contributed by atoms with Gasteiger partial charge in [-0.2, -0.15) is 0 Å². The number of fused-ring (bicyclic) bond motifs is 2. The first-order valence-electron chi connectivity index (χ1n) is 9.02. The zero-order chi connectivity index (χ0) is 19.5. The molecule has 1 aromatic heterocycles. The van der Waals surface area contributed by atoms with E-state index in [1.54, 1.807) is 6.08 Å². The van der Waals surface area contributed by atoms with Crippen LogP contribution < -0.4 is 10.1 Å². The van der Waals surface area contributed by atoms with Gasteiger partial charge in [0.1, 0.15) is 18.4 Å². The summed E-state index contributed by atoms with van der Waals surface area (Å²) >= 11 is 0. The summed E-state index contributed by atoms with van der Waals surface area (Å²) in [4.78, 5) is 28.2. The van der Waals surface area contributed by atoms with Crippen molar-refractivity contribution in [2.24, 2.45) is 0 Å². The number of amides is 1. The molecule has 142 valence electrons. The van der Waals surface area contributed by atoms with Crippen molar-refractivity contribution in [3.63, 3.8) is 0 Å². The highest BCUT2D eigenvalue weighted by atomic mass is 16.5. The minimum Gasteiger partial charge on any atom is -0.488 e. The molecule has 2 N–H and O–H groups in total. The third kappa shape index (κ3) is 3.49. The van der Waals surface area contributed by atoms with Crippen LogP contribution in [0.3, 0.4) is 0 Å². The van der Waals surface area contributed by atoms with E-state index in [1.807, 2.05) is 54.7 Å². The van der Waals surface area contributed by atoms with E-state index >= 15 is 0 Å². The first-order chi connectivity index (χ1) is 13.7. The number of esters is 1. The minimum absolute atomic E-state index is 0.157. The second kappa shape index (κ2) is 7.60. The molecule has 0 radical (unpaired) electrons. The van der Waals surface area contributed by atoms with Gasteiger partial charge in [0.2, 0.25) is 0 Å². The van der Waals surface area contributed by atoms with Gasteiger partial charge in [-0.05, 0) is 23.8 Å². The average molecular weight is 376 g/mol. The van der Waals surface area contributed by atoms with Crippen LogP contribution >= 0.6 is 0 Å². The molecular weight excluding hydrogens is 356 g/mol. The van der Waals surface area contributed by atoms with Gasteiger partial charge in [-0.1, -0.05) is 36.4 Å². The van der Waals surface area contributed by atoms with E-state index in [2.05, 4.69) is 10.3 Å². The fraction of sp³-hybridized carbons (Fsp3) is 0.182. The molecule has 0 bridgehead atoms. The molecule has 0 spiro atoms. The van der Waals surface area contributed by atoms with Gasteiger partial charge < -0.3 is 19.8 Å². The number of rotatable bonds is 5. The molecule has 1 amide bonds. The maximum absolute atomic E-state index is 12.8. The van der Waals surface area contributed by atoms with E-state index < -0.39 is 12.0 Å². The van der Waals surface area contributed by atoms with Crippen LogP contribution in [0.25, 0.3) is 17.0 Å². The molecule has 0 saturated carbocycles. The summed E-state index contributed by atoms with van der Waals surface area (Å²) < 4.78 is 10.5. The first kappa shape index (κ1) is 17.9. The standard InChI is InChI=1S/C22H20N2O4/c1-27-22(26)19(11-15-12-23-18-8-4-3-7-17(15)18)24-21(25)16-10-14-6-2-5-9-20(14)28-13-16/h2-10,12,19,23H,11,13H2,1H3,(H,24,25)/t19-/m1/s1. The van der Waals surface area contributed by atoms with E-state index in [1.165, 1.54) is 7.11 Å². The highest BCUT2D eigenvalue weighted by molar-refractivity contribution is 6.01. The molecule has 1 aliphatic heterocycles. The minimum atomic E-state index is -0.797. The van der Waals surface area contributed by atoms with Crippen molar-refractivity contribution in [2.45, 2.75) is 12.5 Å². The molecular formula is C22H20N2O4. The Balaban J connectivity index is 1.55. The normalized spacial score (nSPS) is 13.8. The summed E-state index contributed by atoms with van der Waals surface area (Å²) in [5.41, 5.74) is 3.22. The predicted molar refractivity (Wildman–Crippen MR) is 106 cm³/mol. The molecule has 6 nitrogen and oxygen atoms in total. The lowest BCUT2D eigenvalue weighted by atomic mass is 10.0. The molecule has 1 atom stereocenters. The number of ether oxygens (including phenoxy) is 2. The monoisotopic (exact) mass is 376 g/mol. The number of nitrogens with one attached hydrogen (secondary N) is 2. The lowest BCUT2D eigenvalue weighted by Gasteiger charge is -2.20. The zero-order valence-corrected chi connectivity index (χ0v) is 15.4. The number of hydrogen-bond donors (Lipinski definition) is 2. The molecule has 3 aromatic rings. The SMILES string of the molecule is COC(=O)[C@@H](Cc1c[nH]c2ccccc12)NC(=O)C1=Cc2ccccc2OC1. The van der Waals surface area contributed by atoms with E-state index in [0.29, 0.717) is 12.0 Å². The quantitative estimate of drug-likeness (QED) is 0.671. The van der Waals surface area contributed by atoms with Crippen LogP contribution in [0.2, 0.25) is 0 Å². The van der Waals surface area contributed by atoms with Crippen molar-refractivity contribution in [3.05, 3.63) is 71.4 Å². The van der Waals surface area contributed by atoms with E-state index in [-0.39, 0.29) is 12.5 Å². The summed E-state index contributed by atoms with van der Waals surface area (Å²) in [6, 6.07) is 14.5. The number of hydrogen-bond acceptors (Lipinski definition) is 4. The molecule has 0 unspecified atom stereocenters. The summed E-state index contributed by atoms with van der Waals surface area (Å²) in [6.45, 7) is 0.157. The molecule has 0 aliphatic carbocycles. The highest BCUT2D eigenvalue weighted by Crippen LogP contribution is 2.26. The number of benzene rings is 2. The molecule has 0 saturated heterocycles. The zero-order valence-electron chi connectivity index (χ0n) is 15.4. The Bertz CT molecular complexity index is 1070. The van der Waals surface area contributed by atoms with Crippen LogP contribution in [0.5, 0.6) is 5.75 Å². The van der Waals surface area contributed by atoms with Gasteiger partial charge in [0, 0.05) is 29.1 Å². The Morgan fingerprint density at radius 2 is 1.96 bits per heavy atom. The Hall–Kier alpha value is -3.54. The average Bonchev–Trinajstić information content (AvgIpc) is 3.15. The molecule has 6 heteroatoms. The number of aromatic nitrogens is 1. The second-order valence-corrected chi connectivity index (χ2v) is 6.61. The number of para-hydroxylation sites is 2. The summed E-state index contributed by atoms with van der Waals surface area (Å²) in [7, 11) is 1.32. The molecule has 2 heterocycles. The molecule has 28 heavy (non-hydrogen) atoms. The lowest BCUT2D eigenvalue weighted by Crippen LogP contribution is -2.44. The van der Waals surface area contributed by atoms with E-state index in [4.69, 9.17) is 9.47 Å². The van der Waals surface area contributed by atoms with Crippen molar-refractivity contribution in [1.29, 1.82) is 0 Å². The number of carbonyl (C=O) groups is 2. The number of methoxy groups -OCH3 is 1. The summed E-state index contributed by atoms with van der Waals surface area (Å²) in [5, 5.41) is 3.81. The fourth-order valence-electron chi connectivity index (χ4n) is 3.35. The van der Waals surface area contributed by atoms with E-state index in [9.17, 15) is 9.59 Å². The fourth-order valence-corrected chi connectivity index (χ4v) is 3.35. The third-order valence-electron chi connectivity index (χ3n) is 4.81. The van der Waals surface area contributed by atoms with Gasteiger partial charge in [-0.25, -0.2) is 4.79 Å². The van der Waals surface area contributed by atoms with E-state index in [0.717, 1.165) is 27.8 Å². The highest BCUT2D eigenvalue weighted by Gasteiger charge is 2.26. The van der Waals surface area contributed by atoms with Crippen LogP contribution in [-0.2, 0) is 20.7 Å². The lowest BCUT2D eigenvalue weighted by molar-refractivity contribution is -0.144. The van der Waals surface area contributed by atoms with Crippen molar-refractivity contribution < 1.29 is 19.1 Å². The Kier molecular flexibility index (Phi) is 4.85. The number of carbonyl (C=O) groups excluding carboxylic acids is 2. The summed E-state index contributed by atoms with van der Waals surface area (Å²) in [5.74, 6) is -0.0940. The third-order valence-corrected chi connectivity index (χ3v) is 4.81. The Morgan fingerprint density at radius 1 is 1.18 bits per heavy atom. The topological polar surface area (TPSA) is 80.4 Å². The number of aromatic amines is 1. The van der Waals surface area contributed by atoms with Gasteiger partial charge in [0.05, 0.1) is 12.7 Å². The smallest absolute Gasteiger partial charge is 0.328 e. The first-order valence-corrected chi connectivity index (χ1v) is 9.02. The van der Waals surface area contributed by atoms with Crippen LogP contribution in [0.4, 0.5) is 0 Å². The van der Waals surface area contributed by atoms with Crippen molar-refractivity contribution in [3.8, 4) is 5.75 Å². The van der Waals surface area contributed by atoms with Crippen molar-refractivity contribution in [1.82, 2.24) is 10.3 Å². The number of H-pyrrole nitrogens is 1. The van der Waals surface area contributed by atoms with Crippen LogP contribution in [0.1, 0.15) is 11.1 Å². The molecule has 4 rings (SSSR count). The molecule has 0 fully saturated rings. The van der Waals surface area contributed by atoms with Gasteiger partial charge in [0.15, 0.2) is 0 Å². The van der Waals surface area contributed by atoms with Gasteiger partial charge in [-0.3, -0.25) is 4.79 Å².